The molecule has 0 saturated heterocycles. The van der Waals surface area contributed by atoms with Crippen LogP contribution < -0.4 is 20.1 Å². The second-order valence-corrected chi connectivity index (χ2v) is 7.31. The molecule has 2 aromatic carbocycles. The minimum atomic E-state index is -0.711. The van der Waals surface area contributed by atoms with Crippen molar-refractivity contribution in [3.63, 3.8) is 0 Å². The number of ether oxygens (including phenoxy) is 3. The molecule has 2 amide bonds. The Hall–Kier alpha value is -3.55. The highest BCUT2D eigenvalue weighted by molar-refractivity contribution is 5.95. The summed E-state index contributed by atoms with van der Waals surface area (Å²) in [7, 11) is 2.79. The van der Waals surface area contributed by atoms with Gasteiger partial charge in [0.25, 0.3) is 0 Å². The fraction of sp³-hybridized carbons (Fsp3) is 0.333. The fourth-order valence-corrected chi connectivity index (χ4v) is 3.52. The molecule has 0 radical (unpaired) electrons. The van der Waals surface area contributed by atoms with Gasteiger partial charge in [0.05, 0.1) is 25.8 Å². The number of carbonyl (C=O) groups excluding carboxylic acids is 2. The summed E-state index contributed by atoms with van der Waals surface area (Å²) in [6, 6.07) is 10.3. The molecular weight excluding hydrogens is 415 g/mol. The van der Waals surface area contributed by atoms with Crippen LogP contribution in [0, 0.1) is 5.82 Å². The SMILES string of the molecule is CCCCC1=C(C(=O)OC)C(c2ccc(OCc3ccccc3F)c(OC)c2)NC(=O)N1. The van der Waals surface area contributed by atoms with Crippen LogP contribution in [0.1, 0.15) is 43.4 Å². The van der Waals surface area contributed by atoms with E-state index in [1.165, 1.54) is 20.3 Å². The van der Waals surface area contributed by atoms with Crippen molar-refractivity contribution in [1.82, 2.24) is 10.6 Å². The molecule has 1 aliphatic heterocycles. The first-order valence-corrected chi connectivity index (χ1v) is 10.4. The number of unbranched alkanes of at least 4 members (excludes halogenated alkanes) is 1. The Morgan fingerprint density at radius 1 is 1.12 bits per heavy atom. The molecule has 1 unspecified atom stereocenters. The molecule has 8 heteroatoms. The van der Waals surface area contributed by atoms with Crippen molar-refractivity contribution >= 4 is 12.0 Å². The number of carbonyl (C=O) groups is 2. The third kappa shape index (κ3) is 5.19. The number of amides is 2. The quantitative estimate of drug-likeness (QED) is 0.563. The number of allylic oxidation sites excluding steroid dienone is 1. The molecule has 0 aliphatic carbocycles. The molecule has 7 nitrogen and oxygen atoms in total. The normalized spacial score (nSPS) is 15.6. The average Bonchev–Trinajstić information content (AvgIpc) is 2.81. The molecule has 32 heavy (non-hydrogen) atoms. The lowest BCUT2D eigenvalue weighted by atomic mass is 9.93. The van der Waals surface area contributed by atoms with Gasteiger partial charge in [0, 0.05) is 11.3 Å². The van der Waals surface area contributed by atoms with Crippen LogP contribution in [0.4, 0.5) is 9.18 Å². The minimum Gasteiger partial charge on any atom is -0.493 e. The van der Waals surface area contributed by atoms with Crippen LogP contribution >= 0.6 is 0 Å². The van der Waals surface area contributed by atoms with E-state index in [-0.39, 0.29) is 12.4 Å². The first-order valence-electron chi connectivity index (χ1n) is 10.4. The van der Waals surface area contributed by atoms with E-state index in [2.05, 4.69) is 10.6 Å². The van der Waals surface area contributed by atoms with Crippen LogP contribution in [0.15, 0.2) is 53.7 Å². The summed E-state index contributed by atoms with van der Waals surface area (Å²) >= 11 is 0. The van der Waals surface area contributed by atoms with Gasteiger partial charge in [-0.05, 0) is 36.6 Å². The van der Waals surface area contributed by atoms with Crippen molar-refractivity contribution in [2.24, 2.45) is 0 Å². The molecular formula is C24H27FN2O5. The highest BCUT2D eigenvalue weighted by atomic mass is 19.1. The third-order valence-electron chi connectivity index (χ3n) is 5.20. The van der Waals surface area contributed by atoms with Crippen LogP contribution in [-0.4, -0.2) is 26.2 Å². The number of benzene rings is 2. The minimum absolute atomic E-state index is 0.0287. The van der Waals surface area contributed by atoms with E-state index < -0.39 is 18.0 Å². The molecule has 1 heterocycles. The number of hydrogen-bond donors (Lipinski definition) is 2. The van der Waals surface area contributed by atoms with Gasteiger partial charge in [-0.3, -0.25) is 0 Å². The van der Waals surface area contributed by atoms with Gasteiger partial charge < -0.3 is 24.8 Å². The van der Waals surface area contributed by atoms with Crippen molar-refractivity contribution in [3.8, 4) is 11.5 Å². The predicted octanol–water partition coefficient (Wildman–Crippen LogP) is 4.38. The first kappa shape index (κ1) is 23.1. The lowest BCUT2D eigenvalue weighted by molar-refractivity contribution is -0.136. The van der Waals surface area contributed by atoms with Gasteiger partial charge in [-0.25, -0.2) is 14.0 Å². The first-order chi connectivity index (χ1) is 15.5. The van der Waals surface area contributed by atoms with Crippen LogP contribution in [0.3, 0.4) is 0 Å². The number of urea groups is 1. The van der Waals surface area contributed by atoms with Crippen LogP contribution in [0.5, 0.6) is 11.5 Å². The van der Waals surface area contributed by atoms with Crippen LogP contribution in [0.2, 0.25) is 0 Å². The summed E-state index contributed by atoms with van der Waals surface area (Å²) in [5, 5.41) is 5.52. The van der Waals surface area contributed by atoms with Crippen LogP contribution in [0.25, 0.3) is 0 Å². The highest BCUT2D eigenvalue weighted by Crippen LogP contribution is 2.35. The molecule has 0 bridgehead atoms. The molecule has 0 spiro atoms. The molecule has 2 N–H and O–H groups in total. The molecule has 0 fully saturated rings. The van der Waals surface area contributed by atoms with E-state index in [9.17, 15) is 14.0 Å². The largest absolute Gasteiger partial charge is 0.493 e. The summed E-state index contributed by atoms with van der Waals surface area (Å²) in [5.74, 6) is -0.0686. The van der Waals surface area contributed by atoms with Gasteiger partial charge in [-0.15, -0.1) is 0 Å². The topological polar surface area (TPSA) is 85.9 Å². The molecule has 3 rings (SSSR count). The maximum absolute atomic E-state index is 13.9. The maximum Gasteiger partial charge on any atom is 0.337 e. The Labute approximate surface area is 186 Å². The second kappa shape index (κ2) is 10.7. The zero-order valence-corrected chi connectivity index (χ0v) is 18.4. The number of halogens is 1. The summed E-state index contributed by atoms with van der Waals surface area (Å²) < 4.78 is 30.1. The smallest absolute Gasteiger partial charge is 0.337 e. The number of nitrogens with one attached hydrogen (secondary N) is 2. The number of hydrogen-bond acceptors (Lipinski definition) is 5. The Balaban J connectivity index is 1.92. The fourth-order valence-electron chi connectivity index (χ4n) is 3.52. The predicted molar refractivity (Wildman–Crippen MR) is 117 cm³/mol. The lowest BCUT2D eigenvalue weighted by Gasteiger charge is -2.29. The van der Waals surface area contributed by atoms with Crippen molar-refractivity contribution in [3.05, 3.63) is 70.7 Å². The van der Waals surface area contributed by atoms with Gasteiger partial charge >= 0.3 is 12.0 Å². The van der Waals surface area contributed by atoms with Gasteiger partial charge in [-0.1, -0.05) is 37.6 Å². The van der Waals surface area contributed by atoms with Crippen molar-refractivity contribution in [2.45, 2.75) is 38.8 Å². The van der Waals surface area contributed by atoms with E-state index in [1.54, 1.807) is 36.4 Å². The van der Waals surface area contributed by atoms with Crippen molar-refractivity contribution in [2.75, 3.05) is 14.2 Å². The maximum atomic E-state index is 13.9. The summed E-state index contributed by atoms with van der Waals surface area (Å²) in [4.78, 5) is 24.9. The Kier molecular flexibility index (Phi) is 7.70. The molecule has 1 aliphatic rings. The highest BCUT2D eigenvalue weighted by Gasteiger charge is 2.33. The molecule has 1 atom stereocenters. The average molecular weight is 442 g/mol. The monoisotopic (exact) mass is 442 g/mol. The zero-order valence-electron chi connectivity index (χ0n) is 18.4. The molecule has 2 aromatic rings. The zero-order chi connectivity index (χ0) is 23.1. The number of methoxy groups -OCH3 is 2. The van der Waals surface area contributed by atoms with Gasteiger partial charge in [-0.2, -0.15) is 0 Å². The van der Waals surface area contributed by atoms with Crippen LogP contribution in [-0.2, 0) is 16.1 Å². The summed E-state index contributed by atoms with van der Waals surface area (Å²) in [5.41, 5.74) is 1.94. The summed E-state index contributed by atoms with van der Waals surface area (Å²) in [6.45, 7) is 2.06. The summed E-state index contributed by atoms with van der Waals surface area (Å²) in [6.07, 6.45) is 2.27. The van der Waals surface area contributed by atoms with Gasteiger partial charge in [0.1, 0.15) is 12.4 Å². The van der Waals surface area contributed by atoms with Gasteiger partial charge in [0.15, 0.2) is 11.5 Å². The Morgan fingerprint density at radius 3 is 2.59 bits per heavy atom. The lowest BCUT2D eigenvalue weighted by Crippen LogP contribution is -2.45. The molecule has 0 saturated carbocycles. The van der Waals surface area contributed by atoms with Gasteiger partial charge in [0.2, 0.25) is 0 Å². The number of rotatable bonds is 9. The number of esters is 1. The van der Waals surface area contributed by atoms with Crippen molar-refractivity contribution in [1.29, 1.82) is 0 Å². The standard InChI is InChI=1S/C24H27FN2O5/c1-4-5-10-18-21(23(28)31-3)22(27-24(29)26-18)15-11-12-19(20(13-15)30-2)32-14-16-8-6-7-9-17(16)25/h6-9,11-13,22H,4-5,10,14H2,1-3H3,(H2,26,27,29). The van der Waals surface area contributed by atoms with E-state index in [4.69, 9.17) is 14.2 Å². The Bertz CT molecular complexity index is 1020. The molecule has 0 aromatic heterocycles. The van der Waals surface area contributed by atoms with Crippen molar-refractivity contribution < 1.29 is 28.2 Å². The van der Waals surface area contributed by atoms with E-state index in [1.807, 2.05) is 6.92 Å². The van der Waals surface area contributed by atoms with E-state index in [0.717, 1.165) is 12.8 Å². The van der Waals surface area contributed by atoms with E-state index in [0.29, 0.717) is 40.3 Å². The second-order valence-electron chi connectivity index (χ2n) is 7.31. The third-order valence-corrected chi connectivity index (χ3v) is 5.20. The Morgan fingerprint density at radius 2 is 1.91 bits per heavy atom. The van der Waals surface area contributed by atoms with E-state index >= 15 is 0 Å². The molecule has 170 valence electrons.